The van der Waals surface area contributed by atoms with Gasteiger partial charge in [-0.05, 0) is 37.1 Å². The first-order chi connectivity index (χ1) is 8.86. The zero-order chi connectivity index (χ0) is 13.1. The predicted octanol–water partition coefficient (Wildman–Crippen LogP) is 3.93. The summed E-state index contributed by atoms with van der Waals surface area (Å²) in [6, 6.07) is 8.29. The summed E-state index contributed by atoms with van der Waals surface area (Å²) in [5.41, 5.74) is 6.80. The molecule has 0 aliphatic heterocycles. The summed E-state index contributed by atoms with van der Waals surface area (Å²) in [5.74, 6) is 0.976. The molecule has 2 N–H and O–H groups in total. The molecule has 1 rings (SSSR count). The molecule has 2 heteroatoms. The third-order valence-corrected chi connectivity index (χ3v) is 3.12. The third kappa shape index (κ3) is 6.65. The van der Waals surface area contributed by atoms with Crippen molar-refractivity contribution < 1.29 is 4.74 Å². The van der Waals surface area contributed by atoms with Crippen LogP contribution in [-0.2, 0) is 6.42 Å². The van der Waals surface area contributed by atoms with Crippen LogP contribution in [0.25, 0.3) is 0 Å². The first kappa shape index (κ1) is 15.0. The number of ether oxygens (including phenoxy) is 1. The van der Waals surface area contributed by atoms with Gasteiger partial charge >= 0.3 is 0 Å². The largest absolute Gasteiger partial charge is 0.494 e. The second kappa shape index (κ2) is 9.95. The lowest BCUT2D eigenvalue weighted by Crippen LogP contribution is -2.02. The summed E-state index contributed by atoms with van der Waals surface area (Å²) in [6.45, 7) is 3.79. The van der Waals surface area contributed by atoms with Gasteiger partial charge in [0.05, 0.1) is 6.61 Å². The summed E-state index contributed by atoms with van der Waals surface area (Å²) in [4.78, 5) is 0. The lowest BCUT2D eigenvalue weighted by molar-refractivity contribution is 0.304. The van der Waals surface area contributed by atoms with Gasteiger partial charge in [0.2, 0.25) is 0 Å². The van der Waals surface area contributed by atoms with Crippen LogP contribution in [0.4, 0.5) is 0 Å². The van der Waals surface area contributed by atoms with Crippen LogP contribution in [0.15, 0.2) is 24.3 Å². The quantitative estimate of drug-likeness (QED) is 0.638. The molecule has 0 bridgehead atoms. The Kier molecular flexibility index (Phi) is 8.32. The summed E-state index contributed by atoms with van der Waals surface area (Å²) < 4.78 is 5.71. The normalized spacial score (nSPS) is 10.6. The van der Waals surface area contributed by atoms with Crippen LogP contribution in [0.1, 0.15) is 51.0 Å². The number of benzene rings is 1. The Labute approximate surface area is 112 Å². The first-order valence-corrected chi connectivity index (χ1v) is 7.28. The van der Waals surface area contributed by atoms with Gasteiger partial charge in [0.1, 0.15) is 5.75 Å². The highest BCUT2D eigenvalue weighted by atomic mass is 16.5. The van der Waals surface area contributed by atoms with Crippen LogP contribution in [0, 0.1) is 0 Å². The van der Waals surface area contributed by atoms with E-state index < -0.39 is 0 Å². The molecule has 0 unspecified atom stereocenters. The van der Waals surface area contributed by atoms with E-state index in [0.29, 0.717) is 6.54 Å². The zero-order valence-electron chi connectivity index (χ0n) is 11.7. The maximum atomic E-state index is 5.71. The van der Waals surface area contributed by atoms with Gasteiger partial charge in [-0.25, -0.2) is 0 Å². The molecule has 0 fully saturated rings. The Morgan fingerprint density at radius 3 is 2.28 bits per heavy atom. The van der Waals surface area contributed by atoms with Gasteiger partial charge in [0.25, 0.3) is 0 Å². The minimum Gasteiger partial charge on any atom is -0.494 e. The summed E-state index contributed by atoms with van der Waals surface area (Å²) in [7, 11) is 0. The van der Waals surface area contributed by atoms with Gasteiger partial charge in [-0.1, -0.05) is 51.2 Å². The molecule has 0 heterocycles. The van der Waals surface area contributed by atoms with Crippen LogP contribution in [0.5, 0.6) is 5.75 Å². The summed E-state index contributed by atoms with van der Waals surface area (Å²) >= 11 is 0. The molecule has 0 aliphatic carbocycles. The fraction of sp³-hybridized carbons (Fsp3) is 0.625. The predicted molar refractivity (Wildman–Crippen MR) is 78.1 cm³/mol. The van der Waals surface area contributed by atoms with Gasteiger partial charge in [0, 0.05) is 0 Å². The van der Waals surface area contributed by atoms with Gasteiger partial charge in [0.15, 0.2) is 0 Å². The molecule has 0 spiro atoms. The van der Waals surface area contributed by atoms with Gasteiger partial charge < -0.3 is 10.5 Å². The molecule has 2 nitrogen and oxygen atoms in total. The number of hydrogen-bond acceptors (Lipinski definition) is 2. The minimum absolute atomic E-state index is 0.706. The molecule has 1 aromatic carbocycles. The topological polar surface area (TPSA) is 35.2 Å². The maximum Gasteiger partial charge on any atom is 0.119 e. The van der Waals surface area contributed by atoms with Crippen molar-refractivity contribution >= 4 is 0 Å². The van der Waals surface area contributed by atoms with Crippen molar-refractivity contribution in [2.75, 3.05) is 13.2 Å². The highest BCUT2D eigenvalue weighted by molar-refractivity contribution is 5.27. The number of hydrogen-bond donors (Lipinski definition) is 1. The molecule has 0 atom stereocenters. The number of nitrogens with two attached hydrogens (primary N) is 1. The average molecular weight is 249 g/mol. The van der Waals surface area contributed by atoms with E-state index in [0.717, 1.165) is 25.2 Å². The molecule has 18 heavy (non-hydrogen) atoms. The lowest BCUT2D eigenvalue weighted by Gasteiger charge is -2.07. The van der Waals surface area contributed by atoms with E-state index in [1.807, 2.05) is 12.1 Å². The van der Waals surface area contributed by atoms with E-state index in [9.17, 15) is 0 Å². The van der Waals surface area contributed by atoms with Crippen molar-refractivity contribution in [2.24, 2.45) is 5.73 Å². The smallest absolute Gasteiger partial charge is 0.119 e. The van der Waals surface area contributed by atoms with Crippen LogP contribution < -0.4 is 10.5 Å². The molecule has 0 saturated heterocycles. The summed E-state index contributed by atoms with van der Waals surface area (Å²) in [6.07, 6.45) is 8.77. The monoisotopic (exact) mass is 249 g/mol. The molecular formula is C16H27NO. The van der Waals surface area contributed by atoms with E-state index >= 15 is 0 Å². The van der Waals surface area contributed by atoms with E-state index in [1.165, 1.54) is 37.7 Å². The van der Waals surface area contributed by atoms with Gasteiger partial charge in [-0.15, -0.1) is 0 Å². The van der Waals surface area contributed by atoms with E-state index in [2.05, 4.69) is 19.1 Å². The molecule has 0 radical (unpaired) electrons. The van der Waals surface area contributed by atoms with E-state index in [4.69, 9.17) is 10.5 Å². The molecular weight excluding hydrogens is 222 g/mol. The molecule has 1 aromatic rings. The van der Waals surface area contributed by atoms with Crippen LogP contribution in [-0.4, -0.2) is 13.2 Å². The SMILES string of the molecule is CCCCCCCCOc1ccc(CCN)cc1. The molecule has 0 aromatic heterocycles. The lowest BCUT2D eigenvalue weighted by atomic mass is 10.1. The second-order valence-electron chi connectivity index (χ2n) is 4.80. The van der Waals surface area contributed by atoms with Crippen LogP contribution in [0.3, 0.4) is 0 Å². The third-order valence-electron chi connectivity index (χ3n) is 3.12. The fourth-order valence-electron chi connectivity index (χ4n) is 1.99. The number of rotatable bonds is 10. The van der Waals surface area contributed by atoms with Gasteiger partial charge in [-0.2, -0.15) is 0 Å². The molecule has 0 aliphatic rings. The molecule has 0 amide bonds. The highest BCUT2D eigenvalue weighted by Crippen LogP contribution is 2.13. The Morgan fingerprint density at radius 1 is 0.944 bits per heavy atom. The van der Waals surface area contributed by atoms with E-state index in [-0.39, 0.29) is 0 Å². The van der Waals surface area contributed by atoms with Crippen molar-refractivity contribution in [3.05, 3.63) is 29.8 Å². The van der Waals surface area contributed by atoms with Gasteiger partial charge in [-0.3, -0.25) is 0 Å². The summed E-state index contributed by atoms with van der Waals surface area (Å²) in [5, 5.41) is 0. The Hall–Kier alpha value is -1.02. The van der Waals surface area contributed by atoms with Crippen molar-refractivity contribution in [1.82, 2.24) is 0 Å². The van der Waals surface area contributed by atoms with Crippen molar-refractivity contribution in [1.29, 1.82) is 0 Å². The van der Waals surface area contributed by atoms with E-state index in [1.54, 1.807) is 0 Å². The standard InChI is InChI=1S/C16H27NO/c1-2-3-4-5-6-7-14-18-16-10-8-15(9-11-16)12-13-17/h8-11H,2-7,12-14,17H2,1H3. The van der Waals surface area contributed by atoms with Crippen molar-refractivity contribution in [3.63, 3.8) is 0 Å². The van der Waals surface area contributed by atoms with Crippen molar-refractivity contribution in [3.8, 4) is 5.75 Å². The first-order valence-electron chi connectivity index (χ1n) is 7.28. The zero-order valence-corrected chi connectivity index (χ0v) is 11.7. The minimum atomic E-state index is 0.706. The highest BCUT2D eigenvalue weighted by Gasteiger charge is 1.95. The van der Waals surface area contributed by atoms with Crippen LogP contribution in [0.2, 0.25) is 0 Å². The fourth-order valence-corrected chi connectivity index (χ4v) is 1.99. The number of unbranched alkanes of at least 4 members (excludes halogenated alkanes) is 5. The van der Waals surface area contributed by atoms with Crippen molar-refractivity contribution in [2.45, 2.75) is 51.9 Å². The Bertz CT molecular complexity index is 294. The Balaban J connectivity index is 2.08. The Morgan fingerprint density at radius 2 is 1.61 bits per heavy atom. The second-order valence-corrected chi connectivity index (χ2v) is 4.80. The molecule has 102 valence electrons. The maximum absolute atomic E-state index is 5.71. The average Bonchev–Trinajstić information content (AvgIpc) is 2.40. The molecule has 0 saturated carbocycles. The van der Waals surface area contributed by atoms with Crippen LogP contribution >= 0.6 is 0 Å².